The molecule has 0 unspecified atom stereocenters. The zero-order valence-corrected chi connectivity index (χ0v) is 10.7. The van der Waals surface area contributed by atoms with Gasteiger partial charge in [0.2, 0.25) is 0 Å². The Hall–Kier alpha value is -1.32. The fraction of sp³-hybridized carbons (Fsp3) is 0.200. The first-order valence-electron chi connectivity index (χ1n) is 4.46. The normalized spacial score (nSPS) is 11.1. The maximum absolute atomic E-state index is 13.3. The maximum atomic E-state index is 13.3. The van der Waals surface area contributed by atoms with E-state index < -0.39 is 35.8 Å². The molecule has 98 valence electrons. The minimum Gasteiger partial charge on any atom is -0.544 e. The molecule has 1 aromatic rings. The SMILES string of the molecule is O=C(OCC(F)(F)C(=O)[O-])c1c(F)cccc1I. The molecule has 0 heterocycles. The Kier molecular flexibility index (Phi) is 4.54. The van der Waals surface area contributed by atoms with Gasteiger partial charge < -0.3 is 14.6 Å². The zero-order valence-electron chi connectivity index (χ0n) is 8.58. The molecule has 0 atom stereocenters. The van der Waals surface area contributed by atoms with Crippen molar-refractivity contribution in [2.75, 3.05) is 6.61 Å². The van der Waals surface area contributed by atoms with Crippen LogP contribution >= 0.6 is 22.6 Å². The zero-order chi connectivity index (χ0) is 13.9. The summed E-state index contributed by atoms with van der Waals surface area (Å²) >= 11 is 1.62. The molecule has 0 N–H and O–H groups in total. The third-order valence-electron chi connectivity index (χ3n) is 1.85. The summed E-state index contributed by atoms with van der Waals surface area (Å²) in [6.07, 6.45) is 0. The van der Waals surface area contributed by atoms with Crippen molar-refractivity contribution in [1.82, 2.24) is 0 Å². The van der Waals surface area contributed by atoms with Gasteiger partial charge in [-0.1, -0.05) is 6.07 Å². The molecule has 0 saturated carbocycles. The molecule has 0 aromatic heterocycles. The third kappa shape index (κ3) is 3.34. The molecule has 0 bridgehead atoms. The van der Waals surface area contributed by atoms with Gasteiger partial charge in [0.25, 0.3) is 0 Å². The van der Waals surface area contributed by atoms with Crippen molar-refractivity contribution in [2.45, 2.75) is 5.92 Å². The standard InChI is InChI=1S/C10H6F3IO4/c11-5-2-1-3-6(14)7(5)8(15)18-4-10(12,13)9(16)17/h1-3H,4H2,(H,16,17)/p-1. The minimum atomic E-state index is -4.31. The van der Waals surface area contributed by atoms with Crippen LogP contribution in [0.3, 0.4) is 0 Å². The highest BCUT2D eigenvalue weighted by molar-refractivity contribution is 14.1. The second kappa shape index (κ2) is 5.55. The molecular weight excluding hydrogens is 368 g/mol. The van der Waals surface area contributed by atoms with E-state index in [4.69, 9.17) is 0 Å². The molecule has 1 rings (SSSR count). The first-order chi connectivity index (χ1) is 8.25. The molecule has 0 saturated heterocycles. The summed E-state index contributed by atoms with van der Waals surface area (Å²) in [5, 5.41) is 9.98. The number of alkyl halides is 2. The van der Waals surface area contributed by atoms with Crippen molar-refractivity contribution in [3.63, 3.8) is 0 Å². The largest absolute Gasteiger partial charge is 0.544 e. The van der Waals surface area contributed by atoms with Crippen molar-refractivity contribution in [2.24, 2.45) is 0 Å². The highest BCUT2D eigenvalue weighted by Gasteiger charge is 2.33. The number of rotatable bonds is 4. The lowest BCUT2D eigenvalue weighted by Crippen LogP contribution is -2.45. The van der Waals surface area contributed by atoms with Crippen LogP contribution in [0.25, 0.3) is 0 Å². The van der Waals surface area contributed by atoms with Crippen LogP contribution in [0.4, 0.5) is 13.2 Å². The summed E-state index contributed by atoms with van der Waals surface area (Å²) in [6.45, 7) is -1.71. The maximum Gasteiger partial charge on any atom is 0.342 e. The van der Waals surface area contributed by atoms with E-state index in [0.29, 0.717) is 0 Å². The molecule has 1 aromatic carbocycles. The van der Waals surface area contributed by atoms with Gasteiger partial charge in [0, 0.05) is 3.57 Å². The fourth-order valence-electron chi connectivity index (χ4n) is 0.980. The molecular formula is C10H5F3IO4-. The smallest absolute Gasteiger partial charge is 0.342 e. The van der Waals surface area contributed by atoms with Gasteiger partial charge in [-0.2, -0.15) is 8.78 Å². The topological polar surface area (TPSA) is 66.4 Å². The van der Waals surface area contributed by atoms with Gasteiger partial charge >= 0.3 is 11.9 Å². The van der Waals surface area contributed by atoms with Gasteiger partial charge in [-0.05, 0) is 34.7 Å². The van der Waals surface area contributed by atoms with E-state index in [-0.39, 0.29) is 3.57 Å². The van der Waals surface area contributed by atoms with Crippen molar-refractivity contribution in [1.29, 1.82) is 0 Å². The summed E-state index contributed by atoms with van der Waals surface area (Å²) < 4.78 is 42.7. The summed E-state index contributed by atoms with van der Waals surface area (Å²) in [4.78, 5) is 21.3. The Morgan fingerprint density at radius 2 is 2.00 bits per heavy atom. The lowest BCUT2D eigenvalue weighted by Gasteiger charge is -2.17. The Morgan fingerprint density at radius 3 is 2.50 bits per heavy atom. The highest BCUT2D eigenvalue weighted by atomic mass is 127. The summed E-state index contributed by atoms with van der Waals surface area (Å²) in [7, 11) is 0. The van der Waals surface area contributed by atoms with E-state index in [1.165, 1.54) is 12.1 Å². The van der Waals surface area contributed by atoms with Crippen LogP contribution in [0.1, 0.15) is 10.4 Å². The second-order valence-corrected chi connectivity index (χ2v) is 4.33. The van der Waals surface area contributed by atoms with Gasteiger partial charge in [0.05, 0.1) is 0 Å². The van der Waals surface area contributed by atoms with Crippen molar-refractivity contribution in [3.05, 3.63) is 33.1 Å². The number of esters is 1. The van der Waals surface area contributed by atoms with Gasteiger partial charge in [-0.25, -0.2) is 9.18 Å². The minimum absolute atomic E-state index is 0.161. The summed E-state index contributed by atoms with van der Waals surface area (Å²) in [6, 6.07) is 3.65. The van der Waals surface area contributed by atoms with Crippen LogP contribution in [0.5, 0.6) is 0 Å². The number of benzene rings is 1. The van der Waals surface area contributed by atoms with E-state index in [1.807, 2.05) is 0 Å². The molecule has 0 aliphatic heterocycles. The van der Waals surface area contributed by atoms with E-state index in [1.54, 1.807) is 22.6 Å². The number of hydrogen-bond donors (Lipinski definition) is 0. The molecule has 8 heteroatoms. The van der Waals surface area contributed by atoms with E-state index in [9.17, 15) is 27.9 Å². The molecule has 4 nitrogen and oxygen atoms in total. The van der Waals surface area contributed by atoms with Crippen LogP contribution in [0.2, 0.25) is 0 Å². The van der Waals surface area contributed by atoms with Gasteiger partial charge in [0.1, 0.15) is 17.3 Å². The van der Waals surface area contributed by atoms with Gasteiger partial charge in [-0.15, -0.1) is 0 Å². The van der Waals surface area contributed by atoms with Crippen LogP contribution in [-0.4, -0.2) is 24.5 Å². The number of ether oxygens (including phenoxy) is 1. The number of carbonyl (C=O) groups is 2. The molecule has 0 spiro atoms. The van der Waals surface area contributed by atoms with E-state index in [0.717, 1.165) is 6.07 Å². The summed E-state index contributed by atoms with van der Waals surface area (Å²) in [5.74, 6) is -9.28. The molecule has 0 aliphatic rings. The fourth-order valence-corrected chi connectivity index (χ4v) is 1.67. The van der Waals surface area contributed by atoms with Crippen molar-refractivity contribution < 1.29 is 32.6 Å². The third-order valence-corrected chi connectivity index (χ3v) is 2.75. The van der Waals surface area contributed by atoms with Crippen LogP contribution in [0.15, 0.2) is 18.2 Å². The Bertz CT molecular complexity index is 470. The van der Waals surface area contributed by atoms with Crippen LogP contribution in [-0.2, 0) is 9.53 Å². The number of carboxylic acids is 1. The highest BCUT2D eigenvalue weighted by Crippen LogP contribution is 2.19. The number of carbonyl (C=O) groups excluding carboxylic acids is 2. The van der Waals surface area contributed by atoms with Crippen molar-refractivity contribution >= 4 is 34.5 Å². The van der Waals surface area contributed by atoms with Gasteiger partial charge in [0.15, 0.2) is 6.61 Å². The quantitative estimate of drug-likeness (QED) is 0.583. The summed E-state index contributed by atoms with van der Waals surface area (Å²) in [5.41, 5.74) is -0.521. The number of aliphatic carboxylic acids is 1. The Labute approximate surface area is 113 Å². The van der Waals surface area contributed by atoms with Crippen LogP contribution in [0, 0.1) is 9.39 Å². The van der Waals surface area contributed by atoms with Gasteiger partial charge in [-0.3, -0.25) is 0 Å². The van der Waals surface area contributed by atoms with Crippen molar-refractivity contribution in [3.8, 4) is 0 Å². The molecule has 0 aliphatic carbocycles. The second-order valence-electron chi connectivity index (χ2n) is 3.16. The number of carboxylic acid groups (broad SMARTS) is 1. The monoisotopic (exact) mass is 373 g/mol. The first kappa shape index (κ1) is 14.7. The molecule has 0 radical (unpaired) electrons. The predicted octanol–water partition coefficient (Wildman–Crippen LogP) is 0.972. The van der Waals surface area contributed by atoms with E-state index >= 15 is 0 Å². The average Bonchev–Trinajstić information content (AvgIpc) is 2.26. The number of halogens is 4. The Morgan fingerprint density at radius 1 is 1.39 bits per heavy atom. The lowest BCUT2D eigenvalue weighted by atomic mass is 10.2. The first-order valence-corrected chi connectivity index (χ1v) is 5.54. The lowest BCUT2D eigenvalue weighted by molar-refractivity contribution is -0.331. The van der Waals surface area contributed by atoms with E-state index in [2.05, 4.69) is 4.74 Å². The Balaban J connectivity index is 2.82. The number of hydrogen-bond acceptors (Lipinski definition) is 4. The molecule has 0 amide bonds. The molecule has 18 heavy (non-hydrogen) atoms. The molecule has 0 fully saturated rings. The van der Waals surface area contributed by atoms with Crippen LogP contribution < -0.4 is 5.11 Å². The predicted molar refractivity (Wildman–Crippen MR) is 59.4 cm³/mol. The average molecular weight is 373 g/mol.